The number of carbonyl (C=O) groups is 1. The molecule has 4 nitrogen and oxygen atoms in total. The minimum Gasteiger partial charge on any atom is -0.395 e. The molecule has 1 unspecified atom stereocenters. The molecular weight excluding hydrogens is 307 g/mol. The van der Waals surface area contributed by atoms with Gasteiger partial charge in [-0.3, -0.25) is 9.69 Å². The number of halogens is 1. The van der Waals surface area contributed by atoms with Gasteiger partial charge in [0, 0.05) is 38.0 Å². The average Bonchev–Trinajstić information content (AvgIpc) is 2.55. The van der Waals surface area contributed by atoms with Crippen LogP contribution in [0.3, 0.4) is 0 Å². The molecule has 2 aliphatic rings. The van der Waals surface area contributed by atoms with Gasteiger partial charge in [-0.1, -0.05) is 12.1 Å². The zero-order chi connectivity index (χ0) is 17.2. The molecule has 132 valence electrons. The highest BCUT2D eigenvalue weighted by molar-refractivity contribution is 5.77. The summed E-state index contributed by atoms with van der Waals surface area (Å²) in [6.07, 6.45) is 3.79. The fraction of sp³-hybridized carbons (Fsp3) is 0.632. The molecule has 2 heterocycles. The number of amides is 1. The number of piperidine rings is 2. The number of aliphatic hydroxyl groups is 1. The van der Waals surface area contributed by atoms with Gasteiger partial charge < -0.3 is 10.0 Å². The molecule has 1 aromatic rings. The van der Waals surface area contributed by atoms with Gasteiger partial charge in [-0.05, 0) is 49.9 Å². The summed E-state index contributed by atoms with van der Waals surface area (Å²) in [6.45, 7) is 5.88. The quantitative estimate of drug-likeness (QED) is 0.919. The lowest BCUT2D eigenvalue weighted by molar-refractivity contribution is -0.140. The van der Waals surface area contributed by atoms with E-state index in [1.165, 1.54) is 0 Å². The van der Waals surface area contributed by atoms with E-state index in [1.807, 2.05) is 17.0 Å². The number of aliphatic hydroxyl groups excluding tert-OH is 1. The molecule has 24 heavy (non-hydrogen) atoms. The summed E-state index contributed by atoms with van der Waals surface area (Å²) >= 11 is 0. The van der Waals surface area contributed by atoms with Gasteiger partial charge in [-0.25, -0.2) is 4.39 Å². The van der Waals surface area contributed by atoms with Gasteiger partial charge in [0.05, 0.1) is 6.61 Å². The molecule has 0 saturated carbocycles. The fourth-order valence-electron chi connectivity index (χ4n) is 4.27. The third kappa shape index (κ3) is 3.78. The first-order chi connectivity index (χ1) is 11.5. The predicted octanol–water partition coefficient (Wildman–Crippen LogP) is 2.33. The molecule has 0 aliphatic carbocycles. The number of hydrogen-bond acceptors (Lipinski definition) is 3. The third-order valence-electron chi connectivity index (χ3n) is 5.49. The molecule has 5 heteroatoms. The minimum absolute atomic E-state index is 0.0282. The zero-order valence-corrected chi connectivity index (χ0v) is 14.4. The first-order valence-corrected chi connectivity index (χ1v) is 8.87. The van der Waals surface area contributed by atoms with Crippen molar-refractivity contribution in [1.29, 1.82) is 0 Å². The summed E-state index contributed by atoms with van der Waals surface area (Å²) in [4.78, 5) is 16.3. The molecular formula is C19H27FN2O2. The SMILES string of the molecule is Cc1cc(CN2CCCC3(CCC(=O)N(CCO)C3)C2)ccc1F. The summed E-state index contributed by atoms with van der Waals surface area (Å²) in [5.41, 5.74) is 1.98. The van der Waals surface area contributed by atoms with Crippen LogP contribution in [-0.4, -0.2) is 53.6 Å². The number of benzene rings is 1. The average molecular weight is 334 g/mol. The van der Waals surface area contributed by atoms with Crippen LogP contribution in [0.4, 0.5) is 4.39 Å². The van der Waals surface area contributed by atoms with Crippen LogP contribution in [0.25, 0.3) is 0 Å². The van der Waals surface area contributed by atoms with Crippen molar-refractivity contribution in [1.82, 2.24) is 9.80 Å². The number of likely N-dealkylation sites (tertiary alicyclic amines) is 2. The molecule has 1 amide bonds. The van der Waals surface area contributed by atoms with Crippen LogP contribution < -0.4 is 0 Å². The highest BCUT2D eigenvalue weighted by Gasteiger charge is 2.41. The van der Waals surface area contributed by atoms with Crippen LogP contribution in [0.15, 0.2) is 18.2 Å². The molecule has 1 N–H and O–H groups in total. The Morgan fingerprint density at radius 1 is 1.29 bits per heavy atom. The van der Waals surface area contributed by atoms with E-state index >= 15 is 0 Å². The molecule has 1 aromatic carbocycles. The molecule has 0 bridgehead atoms. The summed E-state index contributed by atoms with van der Waals surface area (Å²) in [5.74, 6) is 0.0141. The lowest BCUT2D eigenvalue weighted by Gasteiger charge is -2.48. The molecule has 2 aliphatic heterocycles. The maximum Gasteiger partial charge on any atom is 0.222 e. The molecule has 2 fully saturated rings. The number of rotatable bonds is 4. The first-order valence-electron chi connectivity index (χ1n) is 8.87. The van der Waals surface area contributed by atoms with Gasteiger partial charge in [0.1, 0.15) is 5.82 Å². The Kier molecular flexibility index (Phi) is 5.21. The van der Waals surface area contributed by atoms with Crippen molar-refractivity contribution >= 4 is 5.91 Å². The number of nitrogens with zero attached hydrogens (tertiary/aromatic N) is 2. The summed E-state index contributed by atoms with van der Waals surface area (Å²) in [5, 5.41) is 9.18. The van der Waals surface area contributed by atoms with Crippen LogP contribution >= 0.6 is 0 Å². The molecule has 3 rings (SSSR count). The van der Waals surface area contributed by atoms with Gasteiger partial charge in [-0.2, -0.15) is 0 Å². The van der Waals surface area contributed by atoms with Crippen LogP contribution in [0.5, 0.6) is 0 Å². The Hall–Kier alpha value is -1.46. The van der Waals surface area contributed by atoms with Crippen molar-refractivity contribution in [2.24, 2.45) is 5.41 Å². The lowest BCUT2D eigenvalue weighted by Crippen LogP contribution is -2.54. The van der Waals surface area contributed by atoms with Crippen molar-refractivity contribution in [3.05, 3.63) is 35.1 Å². The van der Waals surface area contributed by atoms with E-state index in [-0.39, 0.29) is 23.7 Å². The maximum atomic E-state index is 13.4. The molecule has 0 radical (unpaired) electrons. The normalized spacial score (nSPS) is 25.5. The van der Waals surface area contributed by atoms with Gasteiger partial charge in [0.25, 0.3) is 0 Å². The van der Waals surface area contributed by atoms with Crippen molar-refractivity contribution < 1.29 is 14.3 Å². The minimum atomic E-state index is -0.153. The van der Waals surface area contributed by atoms with Crippen LogP contribution in [0, 0.1) is 18.2 Å². The van der Waals surface area contributed by atoms with Crippen molar-refractivity contribution in [3.63, 3.8) is 0 Å². The predicted molar refractivity (Wildman–Crippen MR) is 91.0 cm³/mol. The smallest absolute Gasteiger partial charge is 0.222 e. The van der Waals surface area contributed by atoms with E-state index in [1.54, 1.807) is 13.0 Å². The summed E-state index contributed by atoms with van der Waals surface area (Å²) in [6, 6.07) is 5.35. The van der Waals surface area contributed by atoms with E-state index in [4.69, 9.17) is 0 Å². The Morgan fingerprint density at radius 2 is 2.12 bits per heavy atom. The van der Waals surface area contributed by atoms with E-state index < -0.39 is 0 Å². The number of hydrogen-bond donors (Lipinski definition) is 1. The lowest BCUT2D eigenvalue weighted by atomic mass is 9.73. The van der Waals surface area contributed by atoms with Gasteiger partial charge >= 0.3 is 0 Å². The number of carbonyl (C=O) groups excluding carboxylic acids is 1. The second kappa shape index (κ2) is 7.19. The van der Waals surface area contributed by atoms with Crippen LogP contribution in [0.1, 0.15) is 36.8 Å². The van der Waals surface area contributed by atoms with Crippen LogP contribution in [0.2, 0.25) is 0 Å². The third-order valence-corrected chi connectivity index (χ3v) is 5.49. The highest BCUT2D eigenvalue weighted by Crippen LogP contribution is 2.39. The van der Waals surface area contributed by atoms with Crippen LogP contribution in [-0.2, 0) is 11.3 Å². The number of β-amino-alcohol motifs (C(OH)–C–C–N with tert-alkyl or cyclic N) is 1. The fourth-order valence-corrected chi connectivity index (χ4v) is 4.27. The van der Waals surface area contributed by atoms with E-state index in [9.17, 15) is 14.3 Å². The monoisotopic (exact) mass is 334 g/mol. The summed E-state index contributed by atoms with van der Waals surface area (Å²) in [7, 11) is 0. The van der Waals surface area contributed by atoms with E-state index in [0.29, 0.717) is 18.5 Å². The molecule has 0 aromatic heterocycles. The number of aryl methyl sites for hydroxylation is 1. The Labute approximate surface area is 143 Å². The highest BCUT2D eigenvalue weighted by atomic mass is 19.1. The van der Waals surface area contributed by atoms with Crippen molar-refractivity contribution in [2.45, 2.75) is 39.2 Å². The first kappa shape index (κ1) is 17.4. The van der Waals surface area contributed by atoms with Gasteiger partial charge in [-0.15, -0.1) is 0 Å². The summed E-state index contributed by atoms with van der Waals surface area (Å²) < 4.78 is 13.4. The van der Waals surface area contributed by atoms with Gasteiger partial charge in [0.2, 0.25) is 5.91 Å². The Balaban J connectivity index is 1.67. The van der Waals surface area contributed by atoms with Crippen molar-refractivity contribution in [3.8, 4) is 0 Å². The Morgan fingerprint density at radius 3 is 2.88 bits per heavy atom. The van der Waals surface area contributed by atoms with E-state index in [0.717, 1.165) is 51.0 Å². The molecule has 1 spiro atoms. The second-order valence-electron chi connectivity index (χ2n) is 7.44. The molecule has 2 saturated heterocycles. The van der Waals surface area contributed by atoms with Gasteiger partial charge in [0.15, 0.2) is 0 Å². The largest absolute Gasteiger partial charge is 0.395 e. The second-order valence-corrected chi connectivity index (χ2v) is 7.44. The zero-order valence-electron chi connectivity index (χ0n) is 14.4. The molecule has 1 atom stereocenters. The Bertz CT molecular complexity index is 607. The standard InChI is InChI=1S/C19H27FN2O2/c1-15-11-16(3-4-17(15)20)12-21-8-2-6-19(13-21)7-5-18(24)22(14-19)9-10-23/h3-4,11,23H,2,5-10,12-14H2,1H3. The maximum absolute atomic E-state index is 13.4. The topological polar surface area (TPSA) is 43.8 Å². The van der Waals surface area contributed by atoms with Crippen molar-refractivity contribution in [2.75, 3.05) is 32.8 Å². The van der Waals surface area contributed by atoms with E-state index in [2.05, 4.69) is 4.90 Å².